The predicted octanol–water partition coefficient (Wildman–Crippen LogP) is 1.67. The van der Waals surface area contributed by atoms with Gasteiger partial charge in [-0.15, -0.1) is 0 Å². The number of fused-ring (bicyclic) bond motifs is 1. The van der Waals surface area contributed by atoms with Gasteiger partial charge in [-0.1, -0.05) is 26.0 Å². The third-order valence-corrected chi connectivity index (χ3v) is 7.81. The van der Waals surface area contributed by atoms with Gasteiger partial charge in [0, 0.05) is 17.9 Å². The fourth-order valence-electron chi connectivity index (χ4n) is 5.99. The van der Waals surface area contributed by atoms with E-state index in [4.69, 9.17) is 9.47 Å². The van der Waals surface area contributed by atoms with Crippen molar-refractivity contribution in [3.63, 3.8) is 0 Å². The second-order valence-electron chi connectivity index (χ2n) is 9.38. The molecular weight excluding hydrogens is 348 g/mol. The zero-order chi connectivity index (χ0) is 20.0. The lowest BCUT2D eigenvalue weighted by Crippen LogP contribution is -2.60. The van der Waals surface area contributed by atoms with Crippen LogP contribution in [0.15, 0.2) is 12.2 Å². The summed E-state index contributed by atoms with van der Waals surface area (Å²) in [7, 11) is 1.37. The molecule has 2 bridgehead atoms. The molecule has 3 aliphatic rings. The van der Waals surface area contributed by atoms with Crippen molar-refractivity contribution in [2.45, 2.75) is 64.3 Å². The lowest BCUT2D eigenvalue weighted by Gasteiger charge is -2.57. The molecule has 0 unspecified atom stereocenters. The molecule has 1 saturated carbocycles. The zero-order valence-corrected chi connectivity index (χ0v) is 16.9. The van der Waals surface area contributed by atoms with E-state index >= 15 is 0 Å². The maximum Gasteiger partial charge on any atom is 0.308 e. The Morgan fingerprint density at radius 2 is 2.00 bits per heavy atom. The van der Waals surface area contributed by atoms with Gasteiger partial charge in [0.25, 0.3) is 0 Å². The molecule has 1 heterocycles. The van der Waals surface area contributed by atoms with E-state index in [1.807, 2.05) is 13.0 Å². The van der Waals surface area contributed by atoms with Gasteiger partial charge in [0.15, 0.2) is 0 Å². The van der Waals surface area contributed by atoms with E-state index < -0.39 is 17.8 Å². The Bertz CT molecular complexity index is 601. The summed E-state index contributed by atoms with van der Waals surface area (Å²) in [5.41, 5.74) is -1.29. The Morgan fingerprint density at radius 1 is 1.30 bits per heavy atom. The Labute approximate surface area is 161 Å². The molecule has 27 heavy (non-hydrogen) atoms. The number of aliphatic hydroxyl groups is 3. The van der Waals surface area contributed by atoms with Crippen molar-refractivity contribution in [1.29, 1.82) is 0 Å². The van der Waals surface area contributed by atoms with E-state index in [1.54, 1.807) is 0 Å². The number of esters is 1. The molecule has 3 N–H and O–H groups in total. The van der Waals surface area contributed by atoms with Gasteiger partial charge in [0.05, 0.1) is 37.4 Å². The van der Waals surface area contributed by atoms with Crippen LogP contribution in [-0.2, 0) is 14.3 Å². The minimum atomic E-state index is -0.668. The molecule has 0 aromatic carbocycles. The van der Waals surface area contributed by atoms with E-state index in [1.165, 1.54) is 7.11 Å². The van der Waals surface area contributed by atoms with Gasteiger partial charge in [-0.2, -0.15) is 0 Å². The highest BCUT2D eigenvalue weighted by Gasteiger charge is 2.68. The van der Waals surface area contributed by atoms with Crippen molar-refractivity contribution >= 4 is 5.97 Å². The molecule has 154 valence electrons. The van der Waals surface area contributed by atoms with Crippen LogP contribution in [0.4, 0.5) is 0 Å². The van der Waals surface area contributed by atoms with Crippen LogP contribution in [0.1, 0.15) is 46.5 Å². The Kier molecular flexibility index (Phi) is 5.49. The Hall–Kier alpha value is -0.950. The first kappa shape index (κ1) is 20.8. The minimum absolute atomic E-state index is 0.0348. The van der Waals surface area contributed by atoms with Gasteiger partial charge in [0.2, 0.25) is 0 Å². The van der Waals surface area contributed by atoms with Crippen LogP contribution in [0.3, 0.4) is 0 Å². The van der Waals surface area contributed by atoms with Crippen molar-refractivity contribution in [2.75, 3.05) is 20.3 Å². The fraction of sp³-hybridized carbons (Fsp3) is 0.857. The number of ether oxygens (including phenoxy) is 2. The standard InChI is InChI=1S/C21H34O6/c1-19(2)15-11-17(24)20(3)14(6-5-13(8-10-22)18(25)26-4)21(15,12-27-20)9-7-16(19)23/h7,9,13-17,22-24H,5-6,8,10-12H2,1-4H3/t13-,14-,15-,16+,17+,20-,21-/m0/s1. The van der Waals surface area contributed by atoms with Crippen molar-refractivity contribution in [2.24, 2.45) is 28.6 Å². The number of hydrogen-bond donors (Lipinski definition) is 3. The molecule has 0 amide bonds. The average molecular weight is 382 g/mol. The fourth-order valence-corrected chi connectivity index (χ4v) is 5.99. The van der Waals surface area contributed by atoms with Crippen LogP contribution < -0.4 is 0 Å². The van der Waals surface area contributed by atoms with E-state index in [9.17, 15) is 20.1 Å². The van der Waals surface area contributed by atoms with Crippen LogP contribution in [0.2, 0.25) is 0 Å². The summed E-state index contributed by atoms with van der Waals surface area (Å²) < 4.78 is 11.1. The molecule has 1 spiro atoms. The molecule has 1 saturated heterocycles. The van der Waals surface area contributed by atoms with Crippen molar-refractivity contribution in [3.8, 4) is 0 Å². The Balaban J connectivity index is 1.91. The first-order valence-electron chi connectivity index (χ1n) is 10.0. The second kappa shape index (κ2) is 7.14. The number of methoxy groups -OCH3 is 1. The maximum absolute atomic E-state index is 12.1. The molecule has 2 aliphatic carbocycles. The second-order valence-corrected chi connectivity index (χ2v) is 9.38. The third-order valence-electron chi connectivity index (χ3n) is 7.81. The van der Waals surface area contributed by atoms with Gasteiger partial charge in [-0.05, 0) is 43.9 Å². The molecule has 1 aliphatic heterocycles. The molecule has 2 fully saturated rings. The van der Waals surface area contributed by atoms with Gasteiger partial charge < -0.3 is 24.8 Å². The van der Waals surface area contributed by atoms with Gasteiger partial charge >= 0.3 is 5.97 Å². The number of hydrogen-bond acceptors (Lipinski definition) is 6. The summed E-state index contributed by atoms with van der Waals surface area (Å²) in [6.45, 7) is 6.54. The largest absolute Gasteiger partial charge is 0.469 e. The summed E-state index contributed by atoms with van der Waals surface area (Å²) in [5, 5.41) is 30.8. The normalized spacial score (nSPS) is 43.2. The number of rotatable bonds is 6. The third kappa shape index (κ3) is 3.05. The summed E-state index contributed by atoms with van der Waals surface area (Å²) in [6.07, 6.45) is 5.05. The van der Waals surface area contributed by atoms with Crippen LogP contribution >= 0.6 is 0 Å². The minimum Gasteiger partial charge on any atom is -0.469 e. The number of aliphatic hydroxyl groups excluding tert-OH is 3. The smallest absolute Gasteiger partial charge is 0.308 e. The van der Waals surface area contributed by atoms with Crippen LogP contribution in [-0.4, -0.2) is 59.4 Å². The molecule has 6 heteroatoms. The summed E-state index contributed by atoms with van der Waals surface area (Å²) >= 11 is 0. The van der Waals surface area contributed by atoms with Crippen molar-refractivity contribution in [1.82, 2.24) is 0 Å². The van der Waals surface area contributed by atoms with Crippen molar-refractivity contribution < 1.29 is 29.6 Å². The molecule has 0 aromatic heterocycles. The quantitative estimate of drug-likeness (QED) is 0.478. The predicted molar refractivity (Wildman–Crippen MR) is 99.8 cm³/mol. The van der Waals surface area contributed by atoms with Crippen molar-refractivity contribution in [3.05, 3.63) is 12.2 Å². The molecular formula is C21H34O6. The number of carbonyl (C=O) groups is 1. The summed E-state index contributed by atoms with van der Waals surface area (Å²) in [5.74, 6) is -0.534. The molecule has 0 aromatic rings. The number of carbonyl (C=O) groups excluding carboxylic acids is 1. The van der Waals surface area contributed by atoms with Crippen LogP contribution in [0.25, 0.3) is 0 Å². The first-order valence-corrected chi connectivity index (χ1v) is 10.0. The lowest BCUT2D eigenvalue weighted by atomic mass is 9.47. The van der Waals surface area contributed by atoms with E-state index in [-0.39, 0.29) is 41.2 Å². The highest BCUT2D eigenvalue weighted by molar-refractivity contribution is 5.72. The Morgan fingerprint density at radius 3 is 2.63 bits per heavy atom. The molecule has 0 radical (unpaired) electrons. The topological polar surface area (TPSA) is 96.2 Å². The van der Waals surface area contributed by atoms with Gasteiger partial charge in [-0.25, -0.2) is 0 Å². The van der Waals surface area contributed by atoms with Crippen LogP contribution in [0, 0.1) is 28.6 Å². The highest BCUT2D eigenvalue weighted by Crippen LogP contribution is 2.65. The summed E-state index contributed by atoms with van der Waals surface area (Å²) in [6, 6.07) is 0. The monoisotopic (exact) mass is 382 g/mol. The zero-order valence-electron chi connectivity index (χ0n) is 16.9. The maximum atomic E-state index is 12.1. The molecule has 6 nitrogen and oxygen atoms in total. The SMILES string of the molecule is COC(=O)[C@H](CCO)CC[C@@H]1[C@@]23C=C[C@@H](O)C(C)(C)[C@@H]2C[C@@H](O)[C@@]1(C)OC3. The van der Waals surface area contributed by atoms with Crippen LogP contribution in [0.5, 0.6) is 0 Å². The van der Waals surface area contributed by atoms with E-state index in [2.05, 4.69) is 19.9 Å². The van der Waals surface area contributed by atoms with Gasteiger partial charge in [0.1, 0.15) is 0 Å². The average Bonchev–Trinajstić information content (AvgIpc) is 2.85. The van der Waals surface area contributed by atoms with Gasteiger partial charge in [-0.3, -0.25) is 4.79 Å². The molecule has 3 rings (SSSR count). The summed E-state index contributed by atoms with van der Waals surface area (Å²) in [4.78, 5) is 12.1. The molecule has 7 atom stereocenters. The first-order chi connectivity index (χ1) is 12.6. The lowest BCUT2D eigenvalue weighted by molar-refractivity contribution is -0.152. The highest BCUT2D eigenvalue weighted by atomic mass is 16.5. The van der Waals surface area contributed by atoms with E-state index in [0.717, 1.165) is 0 Å². The van der Waals surface area contributed by atoms with E-state index in [0.29, 0.717) is 32.3 Å².